The van der Waals surface area contributed by atoms with Crippen LogP contribution in [0.5, 0.6) is 0 Å². The fourth-order valence-electron chi connectivity index (χ4n) is 2.43. The second kappa shape index (κ2) is 9.30. The van der Waals surface area contributed by atoms with E-state index in [1.165, 1.54) is 40.7 Å². The molecule has 0 radical (unpaired) electrons. The van der Waals surface area contributed by atoms with Gasteiger partial charge < -0.3 is 0 Å². The highest BCUT2D eigenvalue weighted by atomic mass is 35.7. The van der Waals surface area contributed by atoms with Crippen LogP contribution in [0.3, 0.4) is 0 Å². The quantitative estimate of drug-likeness (QED) is 0.276. The molecule has 1 aliphatic heterocycles. The van der Waals surface area contributed by atoms with Gasteiger partial charge in [0.25, 0.3) is 20.4 Å². The number of benzene rings is 2. The summed E-state index contributed by atoms with van der Waals surface area (Å²) in [6.07, 6.45) is 3.43. The molecule has 0 spiro atoms. The van der Waals surface area contributed by atoms with E-state index in [1.807, 2.05) is 0 Å². The van der Waals surface area contributed by atoms with Crippen molar-refractivity contribution in [1.29, 1.82) is 0 Å². The lowest BCUT2D eigenvalue weighted by Crippen LogP contribution is -2.28. The van der Waals surface area contributed by atoms with Gasteiger partial charge in [0.15, 0.2) is 9.79 Å². The number of nitrogens with zero attached hydrogens (tertiary/aromatic N) is 3. The lowest BCUT2D eigenvalue weighted by Gasteiger charge is -2.15. The third kappa shape index (κ3) is 5.38. The van der Waals surface area contributed by atoms with Crippen molar-refractivity contribution in [1.82, 2.24) is 4.31 Å². The molecule has 30 heavy (non-hydrogen) atoms. The molecule has 0 aromatic heterocycles. The van der Waals surface area contributed by atoms with Gasteiger partial charge in [-0.3, -0.25) is 20.2 Å². The second-order valence-corrected chi connectivity index (χ2v) is 10.1. The monoisotopic (exact) mass is 475 g/mol. The summed E-state index contributed by atoms with van der Waals surface area (Å²) < 4.78 is 47.1. The average Bonchev–Trinajstić information content (AvgIpc) is 3.23. The van der Waals surface area contributed by atoms with Gasteiger partial charge in [-0.25, -0.2) is 16.8 Å². The average molecular weight is 476 g/mol. The number of hydrogen-bond acceptors (Lipinski definition) is 8. The minimum atomic E-state index is -4.05. The molecular weight excluding hydrogens is 462 g/mol. The largest absolute Gasteiger partial charge is 0.289 e. The SMILES string of the molecule is O=[N+]([O-])c1ccccc1S(=O)(=O)Cl.O=[N+]([O-])c1ccccc1S(=O)(=O)N1CC=CC1. The number of nitro groups is 2. The Kier molecular flexibility index (Phi) is 7.25. The Balaban J connectivity index is 0.000000222. The Morgan fingerprint density at radius 2 is 1.17 bits per heavy atom. The van der Waals surface area contributed by atoms with Crippen LogP contribution in [0, 0.1) is 20.2 Å². The lowest BCUT2D eigenvalue weighted by molar-refractivity contribution is -0.388. The summed E-state index contributed by atoms with van der Waals surface area (Å²) >= 11 is 0. The van der Waals surface area contributed by atoms with Gasteiger partial charge >= 0.3 is 0 Å². The number of rotatable bonds is 5. The maximum absolute atomic E-state index is 12.1. The first-order valence-corrected chi connectivity index (χ1v) is 11.8. The van der Waals surface area contributed by atoms with E-state index >= 15 is 0 Å². The Labute approximate surface area is 176 Å². The smallest absolute Gasteiger partial charge is 0.258 e. The zero-order valence-electron chi connectivity index (χ0n) is 15.0. The molecule has 2 aromatic carbocycles. The summed E-state index contributed by atoms with van der Waals surface area (Å²) in [5, 5.41) is 21.1. The van der Waals surface area contributed by atoms with Crippen molar-refractivity contribution in [2.45, 2.75) is 9.79 Å². The molecule has 0 saturated carbocycles. The molecule has 1 heterocycles. The van der Waals surface area contributed by atoms with E-state index in [4.69, 9.17) is 10.7 Å². The number of sulfonamides is 1. The molecule has 0 bridgehead atoms. The van der Waals surface area contributed by atoms with Gasteiger partial charge in [-0.05, 0) is 12.1 Å². The molecule has 2 aromatic rings. The maximum Gasteiger partial charge on any atom is 0.289 e. The molecule has 1 aliphatic rings. The molecule has 3 rings (SSSR count). The Bertz CT molecular complexity index is 1200. The topological polar surface area (TPSA) is 158 Å². The number of para-hydroxylation sites is 2. The fourth-order valence-corrected chi connectivity index (χ4v) is 4.96. The first-order valence-electron chi connectivity index (χ1n) is 8.03. The van der Waals surface area contributed by atoms with E-state index in [2.05, 4.69) is 0 Å². The van der Waals surface area contributed by atoms with Gasteiger partial charge in [-0.2, -0.15) is 4.31 Å². The van der Waals surface area contributed by atoms with Gasteiger partial charge in [0.1, 0.15) is 0 Å². The molecule has 0 amide bonds. The highest BCUT2D eigenvalue weighted by Gasteiger charge is 2.31. The zero-order chi connectivity index (χ0) is 22.5. The van der Waals surface area contributed by atoms with Crippen molar-refractivity contribution < 1.29 is 26.7 Å². The van der Waals surface area contributed by atoms with Crippen LogP contribution in [0.25, 0.3) is 0 Å². The van der Waals surface area contributed by atoms with Crippen molar-refractivity contribution in [3.05, 3.63) is 80.9 Å². The minimum Gasteiger partial charge on any atom is -0.258 e. The van der Waals surface area contributed by atoms with E-state index in [0.29, 0.717) is 0 Å². The summed E-state index contributed by atoms with van der Waals surface area (Å²) in [7, 11) is -2.86. The molecule has 0 saturated heterocycles. The maximum atomic E-state index is 12.1. The molecular formula is C16H14ClN3O8S2. The zero-order valence-corrected chi connectivity index (χ0v) is 17.4. The van der Waals surface area contributed by atoms with Crippen LogP contribution in [0.1, 0.15) is 0 Å². The molecule has 160 valence electrons. The van der Waals surface area contributed by atoms with Crippen LogP contribution in [-0.4, -0.2) is 44.1 Å². The van der Waals surface area contributed by atoms with Crippen molar-refractivity contribution >= 4 is 41.1 Å². The summed E-state index contributed by atoms with van der Waals surface area (Å²) in [6.45, 7) is 0.517. The van der Waals surface area contributed by atoms with Gasteiger partial charge in [0.2, 0.25) is 10.0 Å². The summed E-state index contributed by atoms with van der Waals surface area (Å²) in [6, 6.07) is 10.3. The second-order valence-electron chi connectivity index (χ2n) is 5.68. The normalized spacial score (nSPS) is 14.0. The molecule has 0 unspecified atom stereocenters. The molecule has 0 N–H and O–H groups in total. The Morgan fingerprint density at radius 1 is 0.767 bits per heavy atom. The number of hydrogen-bond donors (Lipinski definition) is 0. The third-order valence-electron chi connectivity index (χ3n) is 3.79. The highest BCUT2D eigenvalue weighted by molar-refractivity contribution is 8.13. The van der Waals surface area contributed by atoms with E-state index in [9.17, 15) is 37.1 Å². The Hall–Kier alpha value is -2.87. The minimum absolute atomic E-state index is 0.256. The van der Waals surface area contributed by atoms with Crippen molar-refractivity contribution in [2.75, 3.05) is 13.1 Å². The predicted octanol–water partition coefficient (Wildman–Crippen LogP) is 2.68. The van der Waals surface area contributed by atoms with Gasteiger partial charge in [0, 0.05) is 35.9 Å². The first kappa shape index (κ1) is 23.4. The van der Waals surface area contributed by atoms with Gasteiger partial charge in [-0.15, -0.1) is 0 Å². The predicted molar refractivity (Wildman–Crippen MR) is 107 cm³/mol. The van der Waals surface area contributed by atoms with Crippen LogP contribution in [-0.2, 0) is 19.1 Å². The van der Waals surface area contributed by atoms with Crippen molar-refractivity contribution in [3.8, 4) is 0 Å². The standard InChI is InChI=1S/C10H10N2O4S.C6H4ClNO4S/c13-12(14)9-5-1-2-6-10(9)17(15,16)11-7-3-4-8-11;7-13(11,12)6-4-2-1-3-5(6)8(9)10/h1-6H,7-8H2;1-4H. The highest BCUT2D eigenvalue weighted by Crippen LogP contribution is 2.27. The van der Waals surface area contributed by atoms with E-state index in [-0.39, 0.29) is 23.7 Å². The summed E-state index contributed by atoms with van der Waals surface area (Å²) in [5.41, 5.74) is -0.906. The molecule has 14 heteroatoms. The number of halogens is 1. The third-order valence-corrected chi connectivity index (χ3v) is 7.04. The van der Waals surface area contributed by atoms with Crippen LogP contribution in [0.2, 0.25) is 0 Å². The van der Waals surface area contributed by atoms with Crippen LogP contribution < -0.4 is 0 Å². The van der Waals surface area contributed by atoms with Gasteiger partial charge in [-0.1, -0.05) is 36.4 Å². The van der Waals surface area contributed by atoms with Gasteiger partial charge in [0.05, 0.1) is 9.85 Å². The lowest BCUT2D eigenvalue weighted by atomic mass is 10.3. The van der Waals surface area contributed by atoms with E-state index < -0.39 is 39.5 Å². The molecule has 11 nitrogen and oxygen atoms in total. The van der Waals surface area contributed by atoms with Crippen LogP contribution >= 0.6 is 10.7 Å². The summed E-state index contributed by atoms with van der Waals surface area (Å²) in [5.74, 6) is 0. The number of nitro benzene ring substituents is 2. The van der Waals surface area contributed by atoms with Crippen molar-refractivity contribution in [2.24, 2.45) is 0 Å². The fraction of sp³-hybridized carbons (Fsp3) is 0.125. The molecule has 0 fully saturated rings. The Morgan fingerprint density at radius 3 is 1.57 bits per heavy atom. The van der Waals surface area contributed by atoms with Crippen molar-refractivity contribution in [3.63, 3.8) is 0 Å². The summed E-state index contributed by atoms with van der Waals surface area (Å²) in [4.78, 5) is 18.9. The molecule has 0 atom stereocenters. The van der Waals surface area contributed by atoms with Crippen LogP contribution in [0.15, 0.2) is 70.5 Å². The first-order chi connectivity index (χ1) is 14.0. The molecule has 0 aliphatic carbocycles. The van der Waals surface area contributed by atoms with E-state index in [1.54, 1.807) is 12.2 Å². The van der Waals surface area contributed by atoms with E-state index in [0.717, 1.165) is 12.1 Å². The van der Waals surface area contributed by atoms with Crippen LogP contribution in [0.4, 0.5) is 11.4 Å².